The highest BCUT2D eigenvalue weighted by Gasteiger charge is 2.26. The lowest BCUT2D eigenvalue weighted by Gasteiger charge is -2.23. The van der Waals surface area contributed by atoms with Gasteiger partial charge in [0.05, 0.1) is 22.3 Å². The Hall–Kier alpha value is -1.13. The van der Waals surface area contributed by atoms with Gasteiger partial charge in [-0.2, -0.15) is 0 Å². The van der Waals surface area contributed by atoms with Crippen LogP contribution in [0.4, 0.5) is 0 Å². The van der Waals surface area contributed by atoms with Crippen LogP contribution in [0.3, 0.4) is 0 Å². The molecule has 0 radical (unpaired) electrons. The van der Waals surface area contributed by atoms with Gasteiger partial charge in [0, 0.05) is 4.88 Å². The fraction of sp³-hybridized carbons (Fsp3) is 0.500. The molecule has 0 atom stereocenters. The standard InChI is InChI=1S/C14H21N3S/c1-4-10-7-8-12(18-10)11-9-16-13(17-11)14(15,5-2)6-3/h7-9H,4-6,15H2,1-3H3,(H,16,17). The molecule has 0 spiro atoms. The van der Waals surface area contributed by atoms with Crippen LogP contribution < -0.4 is 5.73 Å². The maximum atomic E-state index is 6.35. The van der Waals surface area contributed by atoms with Gasteiger partial charge < -0.3 is 10.7 Å². The molecule has 0 amide bonds. The van der Waals surface area contributed by atoms with E-state index in [9.17, 15) is 0 Å². The topological polar surface area (TPSA) is 54.7 Å². The number of rotatable bonds is 5. The number of hydrogen-bond donors (Lipinski definition) is 2. The molecule has 2 aromatic rings. The second-order valence-corrected chi connectivity index (χ2v) is 5.80. The van der Waals surface area contributed by atoms with Crippen molar-refractivity contribution in [1.29, 1.82) is 0 Å². The van der Waals surface area contributed by atoms with E-state index in [4.69, 9.17) is 5.73 Å². The molecule has 0 saturated carbocycles. The van der Waals surface area contributed by atoms with Crippen molar-refractivity contribution in [1.82, 2.24) is 9.97 Å². The van der Waals surface area contributed by atoms with E-state index in [1.807, 2.05) is 17.5 Å². The number of H-pyrrole nitrogens is 1. The number of nitrogens with one attached hydrogen (secondary N) is 1. The molecule has 0 bridgehead atoms. The first kappa shape index (κ1) is 13.3. The normalized spacial score (nSPS) is 12.0. The van der Waals surface area contributed by atoms with Gasteiger partial charge in [-0.3, -0.25) is 0 Å². The molecule has 0 unspecified atom stereocenters. The fourth-order valence-electron chi connectivity index (χ4n) is 2.00. The molecule has 0 aliphatic heterocycles. The maximum absolute atomic E-state index is 6.35. The van der Waals surface area contributed by atoms with Crippen molar-refractivity contribution in [3.63, 3.8) is 0 Å². The average molecular weight is 263 g/mol. The van der Waals surface area contributed by atoms with Crippen molar-refractivity contribution in [3.05, 3.63) is 29.0 Å². The quantitative estimate of drug-likeness (QED) is 0.864. The number of aromatic nitrogens is 2. The summed E-state index contributed by atoms with van der Waals surface area (Å²) in [5.41, 5.74) is 7.10. The summed E-state index contributed by atoms with van der Waals surface area (Å²) in [6, 6.07) is 4.33. The van der Waals surface area contributed by atoms with E-state index in [0.717, 1.165) is 30.8 Å². The van der Waals surface area contributed by atoms with Crippen LogP contribution >= 0.6 is 11.3 Å². The molecule has 3 nitrogen and oxygen atoms in total. The third kappa shape index (κ3) is 2.35. The lowest BCUT2D eigenvalue weighted by Crippen LogP contribution is -2.36. The second-order valence-electron chi connectivity index (χ2n) is 4.63. The van der Waals surface area contributed by atoms with Gasteiger partial charge in [-0.15, -0.1) is 11.3 Å². The first-order valence-electron chi connectivity index (χ1n) is 6.56. The van der Waals surface area contributed by atoms with E-state index in [-0.39, 0.29) is 5.54 Å². The van der Waals surface area contributed by atoms with E-state index < -0.39 is 0 Å². The first-order chi connectivity index (χ1) is 8.62. The second kappa shape index (κ2) is 5.24. The molecule has 0 fully saturated rings. The summed E-state index contributed by atoms with van der Waals surface area (Å²) < 4.78 is 0. The Kier molecular flexibility index (Phi) is 3.88. The SMILES string of the molecule is CCc1ccc(-c2cnc(C(N)(CC)CC)[nH]2)s1. The third-order valence-electron chi connectivity index (χ3n) is 3.58. The van der Waals surface area contributed by atoms with Crippen LogP contribution in [-0.4, -0.2) is 9.97 Å². The molecule has 0 saturated heterocycles. The third-order valence-corrected chi connectivity index (χ3v) is 4.85. The predicted molar refractivity (Wildman–Crippen MR) is 77.7 cm³/mol. The number of nitrogens with two attached hydrogens (primary N) is 1. The van der Waals surface area contributed by atoms with Crippen LogP contribution in [0.5, 0.6) is 0 Å². The van der Waals surface area contributed by atoms with Gasteiger partial charge in [0.1, 0.15) is 5.82 Å². The van der Waals surface area contributed by atoms with Crippen LogP contribution in [-0.2, 0) is 12.0 Å². The molecule has 0 aliphatic carbocycles. The number of nitrogens with zero attached hydrogens (tertiary/aromatic N) is 1. The Morgan fingerprint density at radius 2 is 2.00 bits per heavy atom. The monoisotopic (exact) mass is 263 g/mol. The highest BCUT2D eigenvalue weighted by molar-refractivity contribution is 7.15. The number of aryl methyl sites for hydroxylation is 1. The Bertz CT molecular complexity index is 509. The van der Waals surface area contributed by atoms with Gasteiger partial charge >= 0.3 is 0 Å². The maximum Gasteiger partial charge on any atom is 0.126 e. The van der Waals surface area contributed by atoms with E-state index >= 15 is 0 Å². The summed E-state index contributed by atoms with van der Waals surface area (Å²) in [6.07, 6.45) is 4.76. The van der Waals surface area contributed by atoms with E-state index in [1.54, 1.807) is 0 Å². The fourth-order valence-corrected chi connectivity index (χ4v) is 2.91. The van der Waals surface area contributed by atoms with Crippen molar-refractivity contribution < 1.29 is 0 Å². The Morgan fingerprint density at radius 3 is 2.56 bits per heavy atom. The molecular formula is C14H21N3S. The highest BCUT2D eigenvalue weighted by atomic mass is 32.1. The summed E-state index contributed by atoms with van der Waals surface area (Å²) in [5, 5.41) is 0. The minimum Gasteiger partial charge on any atom is -0.340 e. The number of thiophene rings is 1. The zero-order valence-corrected chi connectivity index (χ0v) is 12.1. The van der Waals surface area contributed by atoms with Crippen molar-refractivity contribution in [2.45, 2.75) is 45.6 Å². The molecule has 98 valence electrons. The Morgan fingerprint density at radius 1 is 1.28 bits per heavy atom. The van der Waals surface area contributed by atoms with E-state index in [0.29, 0.717) is 0 Å². The van der Waals surface area contributed by atoms with Crippen LogP contribution in [0.1, 0.15) is 44.3 Å². The molecule has 4 heteroatoms. The van der Waals surface area contributed by atoms with Crippen LogP contribution in [0.25, 0.3) is 10.6 Å². The zero-order chi connectivity index (χ0) is 13.2. The molecule has 0 aromatic carbocycles. The average Bonchev–Trinajstić information content (AvgIpc) is 3.05. The van der Waals surface area contributed by atoms with Gasteiger partial charge in [0.2, 0.25) is 0 Å². The lowest BCUT2D eigenvalue weighted by atomic mass is 9.93. The summed E-state index contributed by atoms with van der Waals surface area (Å²) in [7, 11) is 0. The largest absolute Gasteiger partial charge is 0.340 e. The van der Waals surface area contributed by atoms with E-state index in [2.05, 4.69) is 42.9 Å². The van der Waals surface area contributed by atoms with Gasteiger partial charge in [0.15, 0.2) is 0 Å². The summed E-state index contributed by atoms with van der Waals surface area (Å²) in [6.45, 7) is 6.38. The van der Waals surface area contributed by atoms with Gasteiger partial charge in [-0.05, 0) is 31.4 Å². The minimum absolute atomic E-state index is 0.330. The van der Waals surface area contributed by atoms with Gasteiger partial charge in [-0.1, -0.05) is 20.8 Å². The van der Waals surface area contributed by atoms with Crippen LogP contribution in [0, 0.1) is 0 Å². The summed E-state index contributed by atoms with van der Waals surface area (Å²) >= 11 is 1.81. The molecule has 2 rings (SSSR count). The zero-order valence-electron chi connectivity index (χ0n) is 11.3. The highest BCUT2D eigenvalue weighted by Crippen LogP contribution is 2.30. The molecule has 3 N–H and O–H groups in total. The molecule has 2 heterocycles. The van der Waals surface area contributed by atoms with Crippen LogP contribution in [0.15, 0.2) is 18.3 Å². The first-order valence-corrected chi connectivity index (χ1v) is 7.38. The number of hydrogen-bond acceptors (Lipinski definition) is 3. The van der Waals surface area contributed by atoms with Crippen molar-refractivity contribution in [2.75, 3.05) is 0 Å². The minimum atomic E-state index is -0.330. The Labute approximate surface area is 112 Å². The molecule has 18 heavy (non-hydrogen) atoms. The predicted octanol–water partition coefficient (Wildman–Crippen LogP) is 3.67. The summed E-state index contributed by atoms with van der Waals surface area (Å²) in [4.78, 5) is 10.5. The van der Waals surface area contributed by atoms with Gasteiger partial charge in [0.25, 0.3) is 0 Å². The number of imidazole rings is 1. The van der Waals surface area contributed by atoms with Crippen molar-refractivity contribution in [2.24, 2.45) is 5.73 Å². The summed E-state index contributed by atoms with van der Waals surface area (Å²) in [5.74, 6) is 0.897. The lowest BCUT2D eigenvalue weighted by molar-refractivity contribution is 0.391. The van der Waals surface area contributed by atoms with Crippen molar-refractivity contribution in [3.8, 4) is 10.6 Å². The van der Waals surface area contributed by atoms with Crippen molar-refractivity contribution >= 4 is 11.3 Å². The number of aromatic amines is 1. The van der Waals surface area contributed by atoms with Gasteiger partial charge in [-0.25, -0.2) is 4.98 Å². The smallest absolute Gasteiger partial charge is 0.126 e. The molecule has 0 aliphatic rings. The Balaban J connectivity index is 2.30. The van der Waals surface area contributed by atoms with Crippen LogP contribution in [0.2, 0.25) is 0 Å². The molecule has 2 aromatic heterocycles. The molecular weight excluding hydrogens is 242 g/mol. The van der Waals surface area contributed by atoms with E-state index in [1.165, 1.54) is 9.75 Å².